The second kappa shape index (κ2) is 7.01. The Morgan fingerprint density at radius 2 is 2.00 bits per heavy atom. The Hall–Kier alpha value is -0.420. The third kappa shape index (κ3) is 5.61. The zero-order valence-electron chi connectivity index (χ0n) is 10.6. The molecule has 0 saturated heterocycles. The molecule has 5 heteroatoms. The van der Waals surface area contributed by atoms with E-state index in [1.54, 1.807) is 18.7 Å². The Kier molecular flexibility index (Phi) is 6.83. The number of oxime groups is 1. The first-order chi connectivity index (χ1) is 7.31. The summed E-state index contributed by atoms with van der Waals surface area (Å²) < 4.78 is 0. The number of hydrogen-bond donors (Lipinski definition) is 3. The number of thioether (sulfide) groups is 1. The van der Waals surface area contributed by atoms with Gasteiger partial charge >= 0.3 is 0 Å². The van der Waals surface area contributed by atoms with Crippen LogP contribution in [0.4, 0.5) is 0 Å². The Balaban J connectivity index is 3.82. The number of aliphatic hydroxyl groups is 1. The highest BCUT2D eigenvalue weighted by Crippen LogP contribution is 2.25. The van der Waals surface area contributed by atoms with Crippen LogP contribution in [0.3, 0.4) is 0 Å². The van der Waals surface area contributed by atoms with Gasteiger partial charge in [0, 0.05) is 10.7 Å². The minimum atomic E-state index is -0.276. The van der Waals surface area contributed by atoms with Crippen molar-refractivity contribution < 1.29 is 10.3 Å². The Morgan fingerprint density at radius 3 is 2.44 bits per heavy atom. The van der Waals surface area contributed by atoms with Gasteiger partial charge in [-0.25, -0.2) is 0 Å². The van der Waals surface area contributed by atoms with Gasteiger partial charge in [-0.15, -0.1) is 0 Å². The van der Waals surface area contributed by atoms with E-state index in [0.29, 0.717) is 0 Å². The van der Waals surface area contributed by atoms with Gasteiger partial charge in [-0.1, -0.05) is 25.9 Å². The van der Waals surface area contributed by atoms with Crippen LogP contribution in [-0.4, -0.2) is 33.3 Å². The summed E-state index contributed by atoms with van der Waals surface area (Å²) in [4.78, 5) is 0. The summed E-state index contributed by atoms with van der Waals surface area (Å²) in [5.41, 5.74) is 5.33. The van der Waals surface area contributed by atoms with E-state index in [0.717, 1.165) is 18.6 Å². The molecule has 0 amide bonds. The number of nitrogens with two attached hydrogens (primary N) is 1. The molecule has 0 spiro atoms. The zero-order valence-corrected chi connectivity index (χ0v) is 11.4. The van der Waals surface area contributed by atoms with Crippen LogP contribution < -0.4 is 5.73 Å². The minimum absolute atomic E-state index is 0.256. The lowest BCUT2D eigenvalue weighted by molar-refractivity contribution is 0.196. The van der Waals surface area contributed by atoms with Crippen LogP contribution in [0.2, 0.25) is 0 Å². The molecule has 0 aliphatic heterocycles. The SMILES string of the molecule is CC(O)C(C)SCCCC(C)(C)C(N)=NO. The summed E-state index contributed by atoms with van der Waals surface area (Å²) in [5, 5.41) is 21.2. The molecule has 16 heavy (non-hydrogen) atoms. The summed E-state index contributed by atoms with van der Waals surface area (Å²) in [5.74, 6) is 1.26. The van der Waals surface area contributed by atoms with Crippen LogP contribution in [0.25, 0.3) is 0 Å². The first-order valence-corrected chi connectivity index (χ1v) is 6.64. The van der Waals surface area contributed by atoms with Crippen molar-refractivity contribution in [3.05, 3.63) is 0 Å². The van der Waals surface area contributed by atoms with Crippen LogP contribution in [0.15, 0.2) is 5.16 Å². The quantitative estimate of drug-likeness (QED) is 0.212. The van der Waals surface area contributed by atoms with Crippen molar-refractivity contribution in [3.63, 3.8) is 0 Å². The maximum absolute atomic E-state index is 9.31. The van der Waals surface area contributed by atoms with Crippen molar-refractivity contribution in [2.24, 2.45) is 16.3 Å². The van der Waals surface area contributed by atoms with Crippen LogP contribution in [0.1, 0.15) is 40.5 Å². The molecule has 0 fully saturated rings. The molecule has 4 N–H and O–H groups in total. The van der Waals surface area contributed by atoms with Crippen molar-refractivity contribution in [1.82, 2.24) is 0 Å². The van der Waals surface area contributed by atoms with Gasteiger partial charge in [-0.05, 0) is 25.5 Å². The maximum atomic E-state index is 9.31. The average molecular weight is 248 g/mol. The van der Waals surface area contributed by atoms with Crippen molar-refractivity contribution in [1.29, 1.82) is 0 Å². The number of aliphatic hydroxyl groups excluding tert-OH is 1. The molecule has 0 heterocycles. The lowest BCUT2D eigenvalue weighted by Crippen LogP contribution is -2.32. The van der Waals surface area contributed by atoms with Crippen molar-refractivity contribution in [3.8, 4) is 0 Å². The van der Waals surface area contributed by atoms with Crippen molar-refractivity contribution in [2.45, 2.75) is 51.9 Å². The molecule has 96 valence electrons. The van der Waals surface area contributed by atoms with E-state index >= 15 is 0 Å². The standard InChI is InChI=1S/C11H24N2O2S/c1-8(14)9(2)16-7-5-6-11(3,4)10(12)13-15/h8-9,14-15H,5-7H2,1-4H3,(H2,12,13). The molecule has 0 radical (unpaired) electrons. The minimum Gasteiger partial charge on any atom is -0.409 e. The monoisotopic (exact) mass is 248 g/mol. The molecule has 0 aliphatic carbocycles. The van der Waals surface area contributed by atoms with Crippen LogP contribution in [0.5, 0.6) is 0 Å². The van der Waals surface area contributed by atoms with E-state index in [1.165, 1.54) is 0 Å². The molecule has 0 aromatic rings. The maximum Gasteiger partial charge on any atom is 0.144 e. The van der Waals surface area contributed by atoms with Gasteiger partial charge in [-0.3, -0.25) is 0 Å². The summed E-state index contributed by atoms with van der Waals surface area (Å²) >= 11 is 1.75. The number of amidine groups is 1. The number of nitrogens with zero attached hydrogens (tertiary/aromatic N) is 1. The van der Waals surface area contributed by atoms with E-state index in [9.17, 15) is 5.11 Å². The van der Waals surface area contributed by atoms with Gasteiger partial charge in [0.1, 0.15) is 5.84 Å². The summed E-state index contributed by atoms with van der Waals surface area (Å²) in [7, 11) is 0. The van der Waals surface area contributed by atoms with Gasteiger partial charge < -0.3 is 16.0 Å². The molecular weight excluding hydrogens is 224 g/mol. The van der Waals surface area contributed by atoms with Gasteiger partial charge in [-0.2, -0.15) is 11.8 Å². The predicted octanol–water partition coefficient (Wildman–Crippen LogP) is 2.04. The topological polar surface area (TPSA) is 78.8 Å². The highest BCUT2D eigenvalue weighted by atomic mass is 32.2. The molecule has 0 aromatic carbocycles. The Bertz CT molecular complexity index is 230. The highest BCUT2D eigenvalue weighted by molar-refractivity contribution is 7.99. The molecule has 2 atom stereocenters. The summed E-state index contributed by atoms with van der Waals surface area (Å²) in [6, 6.07) is 0. The fraction of sp³-hybridized carbons (Fsp3) is 0.909. The second-order valence-corrected chi connectivity index (χ2v) is 6.27. The fourth-order valence-corrected chi connectivity index (χ4v) is 2.15. The number of hydrogen-bond acceptors (Lipinski definition) is 4. The van der Waals surface area contributed by atoms with Gasteiger partial charge in [0.05, 0.1) is 6.10 Å². The third-order valence-corrected chi connectivity index (χ3v) is 4.25. The van der Waals surface area contributed by atoms with Gasteiger partial charge in [0.25, 0.3) is 0 Å². The van der Waals surface area contributed by atoms with Crippen molar-refractivity contribution in [2.75, 3.05) is 5.75 Å². The Labute approximate surface area is 102 Å². The largest absolute Gasteiger partial charge is 0.409 e. The van der Waals surface area contributed by atoms with Gasteiger partial charge in [0.2, 0.25) is 0 Å². The van der Waals surface area contributed by atoms with Crippen molar-refractivity contribution >= 4 is 17.6 Å². The molecular formula is C11H24N2O2S. The fourth-order valence-electron chi connectivity index (χ4n) is 1.19. The Morgan fingerprint density at radius 1 is 1.44 bits per heavy atom. The molecule has 4 nitrogen and oxygen atoms in total. The van der Waals surface area contributed by atoms with E-state index in [4.69, 9.17) is 10.9 Å². The average Bonchev–Trinajstić information content (AvgIpc) is 2.22. The van der Waals surface area contributed by atoms with Crippen LogP contribution >= 0.6 is 11.8 Å². The lowest BCUT2D eigenvalue weighted by Gasteiger charge is -2.23. The van der Waals surface area contributed by atoms with Gasteiger partial charge in [0.15, 0.2) is 0 Å². The van der Waals surface area contributed by atoms with Crippen LogP contribution in [-0.2, 0) is 0 Å². The summed E-state index contributed by atoms with van der Waals surface area (Å²) in [6.07, 6.45) is 1.59. The third-order valence-electron chi connectivity index (χ3n) is 2.81. The highest BCUT2D eigenvalue weighted by Gasteiger charge is 2.23. The van der Waals surface area contributed by atoms with E-state index in [2.05, 4.69) is 5.16 Å². The molecule has 0 saturated carbocycles. The second-order valence-electron chi connectivity index (χ2n) is 4.79. The van der Waals surface area contributed by atoms with Crippen LogP contribution in [0, 0.1) is 5.41 Å². The normalized spacial score (nSPS) is 17.2. The first kappa shape index (κ1) is 15.6. The molecule has 0 aromatic heterocycles. The zero-order chi connectivity index (χ0) is 12.8. The molecule has 2 unspecified atom stereocenters. The molecule has 0 rings (SSSR count). The molecule has 0 aliphatic rings. The lowest BCUT2D eigenvalue weighted by atomic mass is 9.87. The van der Waals surface area contributed by atoms with E-state index in [-0.39, 0.29) is 22.6 Å². The number of rotatable bonds is 7. The first-order valence-electron chi connectivity index (χ1n) is 5.59. The predicted molar refractivity (Wildman–Crippen MR) is 70.0 cm³/mol. The molecule has 0 bridgehead atoms. The smallest absolute Gasteiger partial charge is 0.144 e. The summed E-state index contributed by atoms with van der Waals surface area (Å²) in [6.45, 7) is 7.75. The van der Waals surface area contributed by atoms with E-state index in [1.807, 2.05) is 20.8 Å². The van der Waals surface area contributed by atoms with E-state index < -0.39 is 0 Å².